The molecule has 0 amide bonds. The number of halogens is 1. The highest BCUT2D eigenvalue weighted by atomic mass is 35.5. The van der Waals surface area contributed by atoms with Gasteiger partial charge in [0, 0.05) is 10.9 Å². The summed E-state index contributed by atoms with van der Waals surface area (Å²) in [6.45, 7) is 5.64. The summed E-state index contributed by atoms with van der Waals surface area (Å²) in [7, 11) is 0. The van der Waals surface area contributed by atoms with Crippen LogP contribution in [0.4, 0.5) is 0 Å². The Balaban J connectivity index is 1.62. The van der Waals surface area contributed by atoms with Crippen molar-refractivity contribution >= 4 is 22.9 Å². The van der Waals surface area contributed by atoms with Crippen LogP contribution in [0.5, 0.6) is 0 Å². The number of hydrogen-bond donors (Lipinski definition) is 1. The summed E-state index contributed by atoms with van der Waals surface area (Å²) in [5, 5.41) is 3.58. The zero-order chi connectivity index (χ0) is 12.3. The Morgan fingerprint density at radius 2 is 2.24 bits per heavy atom. The monoisotopic (exact) mass is 271 g/mol. The topological polar surface area (TPSA) is 12.0 Å². The first kappa shape index (κ1) is 13.4. The fraction of sp³-hybridized carbons (Fsp3) is 0.714. The zero-order valence-electron chi connectivity index (χ0n) is 10.8. The van der Waals surface area contributed by atoms with Gasteiger partial charge in [-0.05, 0) is 63.1 Å². The first-order valence-electron chi connectivity index (χ1n) is 6.63. The van der Waals surface area contributed by atoms with Gasteiger partial charge in [0.15, 0.2) is 0 Å². The van der Waals surface area contributed by atoms with Crippen molar-refractivity contribution in [3.05, 3.63) is 20.8 Å². The molecule has 0 bridgehead atoms. The van der Waals surface area contributed by atoms with E-state index in [-0.39, 0.29) is 0 Å². The highest BCUT2D eigenvalue weighted by Crippen LogP contribution is 2.28. The van der Waals surface area contributed by atoms with Crippen LogP contribution >= 0.6 is 22.9 Å². The average Bonchev–Trinajstić information content (AvgIpc) is 3.04. The van der Waals surface area contributed by atoms with E-state index in [0.717, 1.165) is 16.3 Å². The molecule has 1 aromatic rings. The van der Waals surface area contributed by atoms with E-state index in [2.05, 4.69) is 25.2 Å². The molecule has 1 fully saturated rings. The van der Waals surface area contributed by atoms with Gasteiger partial charge in [-0.25, -0.2) is 0 Å². The average molecular weight is 272 g/mol. The van der Waals surface area contributed by atoms with Crippen LogP contribution in [0.15, 0.2) is 6.07 Å². The molecule has 1 aromatic heterocycles. The third kappa shape index (κ3) is 4.61. The fourth-order valence-corrected chi connectivity index (χ4v) is 3.26. The minimum atomic E-state index is 0.808. The van der Waals surface area contributed by atoms with Gasteiger partial charge in [0.1, 0.15) is 0 Å². The van der Waals surface area contributed by atoms with Crippen LogP contribution in [-0.2, 0) is 6.42 Å². The predicted molar refractivity (Wildman–Crippen MR) is 77.2 cm³/mol. The van der Waals surface area contributed by atoms with Gasteiger partial charge in [-0.2, -0.15) is 0 Å². The lowest BCUT2D eigenvalue weighted by Crippen LogP contribution is -2.19. The molecule has 1 saturated carbocycles. The predicted octanol–water partition coefficient (Wildman–Crippen LogP) is 4.42. The van der Waals surface area contributed by atoms with Crippen molar-refractivity contribution in [2.45, 2.75) is 52.0 Å². The molecule has 0 aliphatic heterocycles. The molecule has 1 unspecified atom stereocenters. The number of aryl methyl sites for hydroxylation is 2. The third-order valence-corrected chi connectivity index (χ3v) is 5.05. The Morgan fingerprint density at radius 3 is 2.82 bits per heavy atom. The summed E-state index contributed by atoms with van der Waals surface area (Å²) >= 11 is 7.82. The third-order valence-electron chi connectivity index (χ3n) is 3.44. The van der Waals surface area contributed by atoms with Gasteiger partial charge >= 0.3 is 0 Å². The lowest BCUT2D eigenvalue weighted by molar-refractivity contribution is 0.470. The molecule has 0 spiro atoms. The van der Waals surface area contributed by atoms with Crippen LogP contribution in [0.2, 0.25) is 4.34 Å². The normalized spacial score (nSPS) is 17.4. The van der Waals surface area contributed by atoms with E-state index in [1.807, 2.05) is 0 Å². The molecule has 2 rings (SSSR count). The fourth-order valence-electron chi connectivity index (χ4n) is 2.00. The Kier molecular flexibility index (Phi) is 4.89. The lowest BCUT2D eigenvalue weighted by Gasteiger charge is -2.10. The minimum Gasteiger partial charge on any atom is -0.314 e. The molecule has 96 valence electrons. The Hall–Kier alpha value is -0.0500. The van der Waals surface area contributed by atoms with Gasteiger partial charge in [0.05, 0.1) is 4.34 Å². The molecule has 0 aromatic carbocycles. The molecule has 1 nitrogen and oxygen atoms in total. The van der Waals surface area contributed by atoms with Gasteiger partial charge < -0.3 is 5.32 Å². The molecule has 3 heteroatoms. The van der Waals surface area contributed by atoms with Crippen LogP contribution < -0.4 is 5.32 Å². The van der Waals surface area contributed by atoms with E-state index in [1.165, 1.54) is 49.1 Å². The van der Waals surface area contributed by atoms with Crippen molar-refractivity contribution in [1.29, 1.82) is 0 Å². The first-order valence-corrected chi connectivity index (χ1v) is 7.83. The molecule has 1 aliphatic carbocycles. The lowest BCUT2D eigenvalue weighted by atomic mass is 10.0. The number of rotatable bonds is 7. The van der Waals surface area contributed by atoms with E-state index in [9.17, 15) is 0 Å². The second-order valence-corrected chi connectivity index (χ2v) is 7.07. The standard InChI is InChI=1S/C14H22ClNS/c1-10(7-8-16-12-4-5-12)3-6-13-9-11(2)14(15)17-13/h9-10,12,16H,3-8H2,1-2H3. The smallest absolute Gasteiger partial charge is 0.0960 e. The molecule has 1 N–H and O–H groups in total. The summed E-state index contributed by atoms with van der Waals surface area (Å²) in [6, 6.07) is 3.09. The summed E-state index contributed by atoms with van der Waals surface area (Å²) in [4.78, 5) is 1.44. The highest BCUT2D eigenvalue weighted by molar-refractivity contribution is 7.16. The maximum Gasteiger partial charge on any atom is 0.0960 e. The van der Waals surface area contributed by atoms with E-state index >= 15 is 0 Å². The number of hydrogen-bond acceptors (Lipinski definition) is 2. The molecule has 1 aliphatic rings. The van der Waals surface area contributed by atoms with E-state index in [0.29, 0.717) is 0 Å². The zero-order valence-corrected chi connectivity index (χ0v) is 12.3. The summed E-state index contributed by atoms with van der Waals surface area (Å²) in [5.74, 6) is 0.808. The van der Waals surface area contributed by atoms with Gasteiger partial charge in [-0.3, -0.25) is 0 Å². The van der Waals surface area contributed by atoms with Crippen LogP contribution in [-0.4, -0.2) is 12.6 Å². The van der Waals surface area contributed by atoms with E-state index < -0.39 is 0 Å². The van der Waals surface area contributed by atoms with Crippen molar-refractivity contribution in [1.82, 2.24) is 5.32 Å². The first-order chi connectivity index (χ1) is 8.15. The van der Waals surface area contributed by atoms with Crippen LogP contribution in [0.25, 0.3) is 0 Å². The summed E-state index contributed by atoms with van der Waals surface area (Å²) in [5.41, 5.74) is 1.23. The maximum atomic E-state index is 6.08. The molecule has 17 heavy (non-hydrogen) atoms. The van der Waals surface area contributed by atoms with Gasteiger partial charge in [0.2, 0.25) is 0 Å². The Labute approximate surface area is 114 Å². The van der Waals surface area contributed by atoms with Crippen molar-refractivity contribution in [2.75, 3.05) is 6.54 Å². The largest absolute Gasteiger partial charge is 0.314 e. The molecule has 1 atom stereocenters. The number of thiophene rings is 1. The van der Waals surface area contributed by atoms with Crippen LogP contribution in [0, 0.1) is 12.8 Å². The molecule has 1 heterocycles. The van der Waals surface area contributed by atoms with Crippen molar-refractivity contribution in [3.8, 4) is 0 Å². The Bertz CT molecular complexity index is 338. The van der Waals surface area contributed by atoms with Gasteiger partial charge in [-0.15, -0.1) is 11.3 Å². The van der Waals surface area contributed by atoms with E-state index in [1.54, 1.807) is 11.3 Å². The van der Waals surface area contributed by atoms with Crippen molar-refractivity contribution < 1.29 is 0 Å². The van der Waals surface area contributed by atoms with Gasteiger partial charge in [-0.1, -0.05) is 18.5 Å². The van der Waals surface area contributed by atoms with Crippen LogP contribution in [0.3, 0.4) is 0 Å². The molecular formula is C14H22ClNS. The van der Waals surface area contributed by atoms with Crippen molar-refractivity contribution in [2.24, 2.45) is 5.92 Å². The minimum absolute atomic E-state index is 0.808. The molecule has 0 saturated heterocycles. The van der Waals surface area contributed by atoms with Crippen molar-refractivity contribution in [3.63, 3.8) is 0 Å². The SMILES string of the molecule is Cc1cc(CCC(C)CCNC2CC2)sc1Cl. The summed E-state index contributed by atoms with van der Waals surface area (Å²) in [6.07, 6.45) is 6.54. The Morgan fingerprint density at radius 1 is 1.47 bits per heavy atom. The van der Waals surface area contributed by atoms with E-state index in [4.69, 9.17) is 11.6 Å². The molecule has 0 radical (unpaired) electrons. The van der Waals surface area contributed by atoms with Crippen LogP contribution in [0.1, 0.15) is 43.0 Å². The summed E-state index contributed by atoms with van der Waals surface area (Å²) < 4.78 is 0.961. The van der Waals surface area contributed by atoms with Gasteiger partial charge in [0.25, 0.3) is 0 Å². The second kappa shape index (κ2) is 6.21. The maximum absolute atomic E-state index is 6.08. The highest BCUT2D eigenvalue weighted by Gasteiger charge is 2.19. The number of nitrogens with one attached hydrogen (secondary N) is 1. The molecular weight excluding hydrogens is 250 g/mol. The quantitative estimate of drug-likeness (QED) is 0.774. The second-order valence-electron chi connectivity index (χ2n) is 5.33.